The Morgan fingerprint density at radius 3 is 2.46 bits per heavy atom. The molecule has 1 aliphatic heterocycles. The van der Waals surface area contributed by atoms with Crippen LogP contribution in [0, 0.1) is 12.3 Å². The monoisotopic (exact) mass is 373 g/mol. The molecule has 5 nitrogen and oxygen atoms in total. The van der Waals surface area contributed by atoms with Crippen molar-refractivity contribution in [3.05, 3.63) is 22.9 Å². The van der Waals surface area contributed by atoms with Crippen molar-refractivity contribution in [2.75, 3.05) is 31.6 Å². The molecule has 0 aromatic carbocycles. The molecule has 1 N–H and O–H groups in total. The lowest BCUT2D eigenvalue weighted by Gasteiger charge is -2.28. The van der Waals surface area contributed by atoms with Crippen molar-refractivity contribution < 1.29 is 22.7 Å². The topological polar surface area (TPSA) is 54.5 Å². The summed E-state index contributed by atoms with van der Waals surface area (Å²) in [6.45, 7) is 9.57. The van der Waals surface area contributed by atoms with Crippen molar-refractivity contribution in [1.82, 2.24) is 9.88 Å². The number of nitrogens with zero attached hydrogens (tertiary/aromatic N) is 2. The van der Waals surface area contributed by atoms with Gasteiger partial charge in [0.15, 0.2) is 0 Å². The Morgan fingerprint density at radius 1 is 1.31 bits per heavy atom. The third kappa shape index (κ3) is 4.94. The predicted octanol–water partition coefficient (Wildman–Crippen LogP) is 3.62. The van der Waals surface area contributed by atoms with Gasteiger partial charge >= 0.3 is 6.18 Å². The van der Waals surface area contributed by atoms with Gasteiger partial charge in [0.25, 0.3) is 0 Å². The SMILES string of the molecule is CCC(C)(C)C(=O)Nc1cc(CN2CCOCC2)c(C)c(C(F)(F)F)n1. The summed E-state index contributed by atoms with van der Waals surface area (Å²) in [6.07, 6.45) is -4.01. The highest BCUT2D eigenvalue weighted by Gasteiger charge is 2.36. The average molecular weight is 373 g/mol. The maximum absolute atomic E-state index is 13.4. The number of halogens is 3. The zero-order valence-corrected chi connectivity index (χ0v) is 15.7. The molecule has 2 heterocycles. The Morgan fingerprint density at radius 2 is 1.92 bits per heavy atom. The highest BCUT2D eigenvalue weighted by atomic mass is 19.4. The molecule has 0 spiro atoms. The molecule has 0 unspecified atom stereocenters. The standard InChI is InChI=1S/C18H26F3N3O2/c1-5-17(3,4)16(25)23-14-10-13(11-24-6-8-26-9-7-24)12(2)15(22-14)18(19,20)21/h10H,5-9,11H2,1-4H3,(H,22,23,25). The Bertz CT molecular complexity index is 654. The number of hydrogen-bond acceptors (Lipinski definition) is 4. The second-order valence-corrected chi connectivity index (χ2v) is 7.22. The number of nitrogens with one attached hydrogen (secondary N) is 1. The number of hydrogen-bond donors (Lipinski definition) is 1. The molecule has 26 heavy (non-hydrogen) atoms. The van der Waals surface area contributed by atoms with Crippen molar-refractivity contribution in [2.45, 2.75) is 46.8 Å². The largest absolute Gasteiger partial charge is 0.433 e. The summed E-state index contributed by atoms with van der Waals surface area (Å²) in [4.78, 5) is 18.1. The molecule has 2 rings (SSSR count). The Balaban J connectivity index is 2.35. The molecule has 1 aromatic heterocycles. The molecule has 1 aliphatic rings. The van der Waals surface area contributed by atoms with Crippen LogP contribution in [0.5, 0.6) is 0 Å². The molecular formula is C18H26F3N3O2. The lowest BCUT2D eigenvalue weighted by atomic mass is 9.89. The smallest absolute Gasteiger partial charge is 0.379 e. The number of alkyl halides is 3. The molecule has 0 radical (unpaired) electrons. The molecule has 1 saturated heterocycles. The zero-order valence-electron chi connectivity index (χ0n) is 15.7. The van der Waals surface area contributed by atoms with Gasteiger partial charge in [0.05, 0.1) is 13.2 Å². The highest BCUT2D eigenvalue weighted by Crippen LogP contribution is 2.34. The summed E-state index contributed by atoms with van der Waals surface area (Å²) in [7, 11) is 0. The third-order valence-electron chi connectivity index (χ3n) is 4.89. The molecule has 1 fully saturated rings. The maximum Gasteiger partial charge on any atom is 0.433 e. The summed E-state index contributed by atoms with van der Waals surface area (Å²) < 4.78 is 45.5. The first-order chi connectivity index (χ1) is 12.0. The van der Waals surface area contributed by atoms with E-state index < -0.39 is 17.3 Å². The van der Waals surface area contributed by atoms with Gasteiger partial charge in [-0.1, -0.05) is 20.8 Å². The molecule has 146 valence electrons. The van der Waals surface area contributed by atoms with Crippen LogP contribution < -0.4 is 5.32 Å². The van der Waals surface area contributed by atoms with E-state index in [9.17, 15) is 18.0 Å². The predicted molar refractivity (Wildman–Crippen MR) is 92.8 cm³/mol. The van der Waals surface area contributed by atoms with Gasteiger partial charge < -0.3 is 10.1 Å². The van der Waals surface area contributed by atoms with Crippen molar-refractivity contribution in [3.63, 3.8) is 0 Å². The first-order valence-electron chi connectivity index (χ1n) is 8.74. The van der Waals surface area contributed by atoms with E-state index in [1.54, 1.807) is 19.9 Å². The molecule has 1 amide bonds. The van der Waals surface area contributed by atoms with Crippen LogP contribution in [0.1, 0.15) is 44.0 Å². The van der Waals surface area contributed by atoms with Crippen LogP contribution in [0.15, 0.2) is 6.07 Å². The number of carbonyl (C=O) groups excluding carboxylic acids is 1. The number of morpholine rings is 1. The van der Waals surface area contributed by atoms with E-state index in [2.05, 4.69) is 10.3 Å². The van der Waals surface area contributed by atoms with E-state index in [1.165, 1.54) is 6.92 Å². The molecule has 0 atom stereocenters. The fourth-order valence-corrected chi connectivity index (χ4v) is 2.61. The normalized spacial score (nSPS) is 16.6. The lowest BCUT2D eigenvalue weighted by molar-refractivity contribution is -0.141. The van der Waals surface area contributed by atoms with Gasteiger partial charge in [-0.15, -0.1) is 0 Å². The van der Waals surface area contributed by atoms with Crippen molar-refractivity contribution >= 4 is 11.7 Å². The van der Waals surface area contributed by atoms with Crippen LogP contribution in [0.2, 0.25) is 0 Å². The van der Waals surface area contributed by atoms with Gasteiger partial charge in [-0.05, 0) is 30.5 Å². The highest BCUT2D eigenvalue weighted by molar-refractivity contribution is 5.94. The number of rotatable bonds is 5. The van der Waals surface area contributed by atoms with Crippen molar-refractivity contribution in [2.24, 2.45) is 5.41 Å². The Kier molecular flexibility index (Phi) is 6.29. The number of aromatic nitrogens is 1. The van der Waals surface area contributed by atoms with Crippen LogP contribution in [-0.4, -0.2) is 42.1 Å². The number of ether oxygens (including phenoxy) is 1. The van der Waals surface area contributed by atoms with E-state index in [-0.39, 0.29) is 17.3 Å². The number of carbonyl (C=O) groups is 1. The van der Waals surface area contributed by atoms with E-state index in [0.29, 0.717) is 44.8 Å². The third-order valence-corrected chi connectivity index (χ3v) is 4.89. The molecule has 0 bridgehead atoms. The van der Waals surface area contributed by atoms with Crippen LogP contribution in [0.4, 0.5) is 19.0 Å². The van der Waals surface area contributed by atoms with Crippen LogP contribution >= 0.6 is 0 Å². The lowest BCUT2D eigenvalue weighted by Crippen LogP contribution is -2.36. The maximum atomic E-state index is 13.4. The molecule has 8 heteroatoms. The average Bonchev–Trinajstić information content (AvgIpc) is 2.57. The first kappa shape index (κ1) is 20.6. The van der Waals surface area contributed by atoms with E-state index >= 15 is 0 Å². The van der Waals surface area contributed by atoms with Crippen LogP contribution in [0.3, 0.4) is 0 Å². The quantitative estimate of drug-likeness (QED) is 0.857. The molecule has 0 aliphatic carbocycles. The number of anilines is 1. The minimum atomic E-state index is -4.58. The van der Waals surface area contributed by atoms with Crippen LogP contribution in [0.25, 0.3) is 0 Å². The van der Waals surface area contributed by atoms with Gasteiger partial charge in [0.2, 0.25) is 5.91 Å². The summed E-state index contributed by atoms with van der Waals surface area (Å²) in [6, 6.07) is 1.55. The van der Waals surface area contributed by atoms with Gasteiger partial charge in [-0.25, -0.2) is 4.98 Å². The second-order valence-electron chi connectivity index (χ2n) is 7.22. The number of amides is 1. The minimum Gasteiger partial charge on any atom is -0.379 e. The van der Waals surface area contributed by atoms with E-state index in [1.807, 2.05) is 11.8 Å². The summed E-state index contributed by atoms with van der Waals surface area (Å²) in [5.41, 5.74) is -1.03. The van der Waals surface area contributed by atoms with Gasteiger partial charge in [0.1, 0.15) is 11.5 Å². The molecular weight excluding hydrogens is 347 g/mol. The summed E-state index contributed by atoms with van der Waals surface area (Å²) >= 11 is 0. The second kappa shape index (κ2) is 7.92. The molecule has 1 aromatic rings. The number of pyridine rings is 1. The minimum absolute atomic E-state index is 0.0577. The van der Waals surface area contributed by atoms with Crippen molar-refractivity contribution in [1.29, 1.82) is 0 Å². The zero-order chi connectivity index (χ0) is 19.5. The Labute approximate surface area is 151 Å². The van der Waals surface area contributed by atoms with Gasteiger partial charge in [0, 0.05) is 25.0 Å². The van der Waals surface area contributed by atoms with E-state index in [0.717, 1.165) is 0 Å². The van der Waals surface area contributed by atoms with E-state index in [4.69, 9.17) is 4.74 Å². The van der Waals surface area contributed by atoms with Crippen molar-refractivity contribution in [3.8, 4) is 0 Å². The summed E-state index contributed by atoms with van der Waals surface area (Å²) in [5, 5.41) is 2.56. The fourth-order valence-electron chi connectivity index (χ4n) is 2.61. The fraction of sp³-hybridized carbons (Fsp3) is 0.667. The van der Waals surface area contributed by atoms with Crippen LogP contribution in [-0.2, 0) is 22.3 Å². The first-order valence-corrected chi connectivity index (χ1v) is 8.74. The summed E-state index contributed by atoms with van der Waals surface area (Å²) in [5.74, 6) is -0.403. The molecule has 0 saturated carbocycles. The Hall–Kier alpha value is -1.67. The van der Waals surface area contributed by atoms with Gasteiger partial charge in [-0.2, -0.15) is 13.2 Å². The van der Waals surface area contributed by atoms with Gasteiger partial charge in [-0.3, -0.25) is 9.69 Å².